The van der Waals surface area contributed by atoms with Crippen molar-refractivity contribution in [2.45, 2.75) is 0 Å². The van der Waals surface area contributed by atoms with E-state index in [0.29, 0.717) is 16.9 Å². The van der Waals surface area contributed by atoms with E-state index in [-0.39, 0.29) is 5.75 Å². The number of fused-ring (bicyclic) bond motifs is 3. The summed E-state index contributed by atoms with van der Waals surface area (Å²) in [6.45, 7) is 0. The van der Waals surface area contributed by atoms with Gasteiger partial charge in [-0.15, -0.1) is 0 Å². The Morgan fingerprint density at radius 3 is 2.94 bits per heavy atom. The summed E-state index contributed by atoms with van der Waals surface area (Å²) >= 11 is 0. The molecule has 16 heavy (non-hydrogen) atoms. The number of hydrogen-bond donors (Lipinski definition) is 1. The van der Waals surface area contributed by atoms with E-state index in [1.807, 2.05) is 18.2 Å². The molecule has 0 fully saturated rings. The highest BCUT2D eigenvalue weighted by atomic mass is 16.3. The Kier molecular flexibility index (Phi) is 1.71. The van der Waals surface area contributed by atoms with Crippen LogP contribution in [-0.2, 0) is 0 Å². The van der Waals surface area contributed by atoms with E-state index in [0.717, 1.165) is 11.7 Å². The minimum atomic E-state index is 0.143. The van der Waals surface area contributed by atoms with Crippen molar-refractivity contribution in [3.63, 3.8) is 0 Å². The average molecular weight is 212 g/mol. The van der Waals surface area contributed by atoms with Crippen LogP contribution < -0.4 is 0 Å². The number of aromatic nitrogens is 2. The topological polar surface area (TPSA) is 54.6 Å². The van der Waals surface area contributed by atoms with E-state index in [1.165, 1.54) is 6.20 Å². The number of nitrogens with zero attached hydrogens (tertiary/aromatic N) is 2. The first kappa shape index (κ1) is 8.91. The number of carbonyl (C=O) groups excluding carboxylic acids is 1. The summed E-state index contributed by atoms with van der Waals surface area (Å²) in [5, 5.41) is 10.7. The van der Waals surface area contributed by atoms with Crippen LogP contribution in [0.5, 0.6) is 5.75 Å². The Hall–Kier alpha value is -2.36. The van der Waals surface area contributed by atoms with Crippen LogP contribution in [0.4, 0.5) is 0 Å². The second-order valence-corrected chi connectivity index (χ2v) is 3.54. The van der Waals surface area contributed by atoms with Crippen molar-refractivity contribution < 1.29 is 9.90 Å². The van der Waals surface area contributed by atoms with E-state index < -0.39 is 0 Å². The molecule has 0 radical (unpaired) electrons. The zero-order valence-corrected chi connectivity index (χ0v) is 8.29. The highest BCUT2D eigenvalue weighted by molar-refractivity contribution is 5.89. The highest BCUT2D eigenvalue weighted by Crippen LogP contribution is 2.26. The van der Waals surface area contributed by atoms with Gasteiger partial charge in [0.1, 0.15) is 17.1 Å². The lowest BCUT2D eigenvalue weighted by Gasteiger charge is -2.04. The zero-order valence-electron chi connectivity index (χ0n) is 8.29. The molecule has 0 saturated carbocycles. The van der Waals surface area contributed by atoms with Gasteiger partial charge in [-0.3, -0.25) is 9.20 Å². The quantitative estimate of drug-likeness (QED) is 0.628. The number of phenols is 1. The van der Waals surface area contributed by atoms with E-state index in [4.69, 9.17) is 0 Å². The van der Waals surface area contributed by atoms with Gasteiger partial charge >= 0.3 is 0 Å². The largest absolute Gasteiger partial charge is 0.506 e. The van der Waals surface area contributed by atoms with Crippen molar-refractivity contribution in [2.24, 2.45) is 0 Å². The fourth-order valence-electron chi connectivity index (χ4n) is 1.92. The van der Waals surface area contributed by atoms with Crippen LogP contribution in [0.2, 0.25) is 0 Å². The molecule has 4 heteroatoms. The predicted octanol–water partition coefficient (Wildman–Crippen LogP) is 2.01. The third kappa shape index (κ3) is 1.04. The van der Waals surface area contributed by atoms with E-state index >= 15 is 0 Å². The molecule has 78 valence electrons. The number of aromatic hydroxyl groups is 1. The van der Waals surface area contributed by atoms with Crippen LogP contribution in [0.15, 0.2) is 36.5 Å². The minimum absolute atomic E-state index is 0.143. The number of carbonyl (C=O) groups is 1. The zero-order chi connectivity index (χ0) is 11.1. The van der Waals surface area contributed by atoms with Crippen LogP contribution >= 0.6 is 0 Å². The molecular formula is C12H8N2O2. The van der Waals surface area contributed by atoms with E-state index in [9.17, 15) is 9.90 Å². The Morgan fingerprint density at radius 1 is 1.25 bits per heavy atom. The summed E-state index contributed by atoms with van der Waals surface area (Å²) in [5.41, 5.74) is 1.69. The number of imidazole rings is 1. The number of benzene rings is 1. The van der Waals surface area contributed by atoms with Crippen molar-refractivity contribution in [2.75, 3.05) is 0 Å². The normalized spacial score (nSPS) is 11.0. The maximum absolute atomic E-state index is 10.9. The molecule has 1 N–H and O–H groups in total. The van der Waals surface area contributed by atoms with Gasteiger partial charge in [0, 0.05) is 5.39 Å². The van der Waals surface area contributed by atoms with E-state index in [1.54, 1.807) is 16.5 Å². The number of aldehydes is 1. The van der Waals surface area contributed by atoms with Gasteiger partial charge in [0.15, 0.2) is 6.29 Å². The Balaban J connectivity index is 2.65. The van der Waals surface area contributed by atoms with Crippen molar-refractivity contribution in [3.8, 4) is 5.75 Å². The molecule has 0 unspecified atom stereocenters. The van der Waals surface area contributed by atoms with Gasteiger partial charge in [0.25, 0.3) is 0 Å². The predicted molar refractivity (Wildman–Crippen MR) is 59.8 cm³/mol. The standard InChI is InChI=1S/C12H8N2O2/c15-7-9-6-13-11-5-4-8-2-1-3-10(16)12(8)14(9)11/h1-7,16H. The molecule has 1 aromatic carbocycles. The minimum Gasteiger partial charge on any atom is -0.506 e. The van der Waals surface area contributed by atoms with Crippen LogP contribution in [-0.4, -0.2) is 20.8 Å². The lowest BCUT2D eigenvalue weighted by atomic mass is 10.2. The first-order valence-corrected chi connectivity index (χ1v) is 4.84. The monoisotopic (exact) mass is 212 g/mol. The van der Waals surface area contributed by atoms with Gasteiger partial charge in [-0.2, -0.15) is 0 Å². The maximum Gasteiger partial charge on any atom is 0.168 e. The lowest BCUT2D eigenvalue weighted by Crippen LogP contribution is -1.93. The van der Waals surface area contributed by atoms with Gasteiger partial charge in [-0.25, -0.2) is 4.98 Å². The third-order valence-corrected chi connectivity index (χ3v) is 2.62. The molecule has 0 spiro atoms. The van der Waals surface area contributed by atoms with Crippen LogP contribution in [0.1, 0.15) is 10.5 Å². The molecule has 0 aliphatic rings. The van der Waals surface area contributed by atoms with E-state index in [2.05, 4.69) is 4.98 Å². The fraction of sp³-hybridized carbons (Fsp3) is 0. The summed E-state index contributed by atoms with van der Waals surface area (Å²) in [6.07, 6.45) is 2.22. The number of phenolic OH excluding ortho intramolecular Hbond substituents is 1. The molecule has 0 amide bonds. The molecular weight excluding hydrogens is 204 g/mol. The Morgan fingerprint density at radius 2 is 2.12 bits per heavy atom. The molecule has 4 nitrogen and oxygen atoms in total. The smallest absolute Gasteiger partial charge is 0.168 e. The molecule has 3 rings (SSSR count). The van der Waals surface area contributed by atoms with Gasteiger partial charge < -0.3 is 5.11 Å². The number of hydrogen-bond acceptors (Lipinski definition) is 3. The van der Waals surface area contributed by atoms with Crippen LogP contribution in [0, 0.1) is 0 Å². The maximum atomic E-state index is 10.9. The molecule has 0 aliphatic heterocycles. The molecule has 0 saturated heterocycles. The van der Waals surface area contributed by atoms with Crippen molar-refractivity contribution in [3.05, 3.63) is 42.2 Å². The number of para-hydroxylation sites is 1. The molecule has 0 aliphatic carbocycles. The fourth-order valence-corrected chi connectivity index (χ4v) is 1.92. The van der Waals surface area contributed by atoms with Gasteiger partial charge in [0.05, 0.1) is 11.7 Å². The highest BCUT2D eigenvalue weighted by Gasteiger charge is 2.08. The molecule has 3 aromatic rings. The molecule has 0 bridgehead atoms. The van der Waals surface area contributed by atoms with Gasteiger partial charge in [-0.05, 0) is 18.2 Å². The number of rotatable bonds is 1. The summed E-state index contributed by atoms with van der Waals surface area (Å²) in [6, 6.07) is 8.92. The summed E-state index contributed by atoms with van der Waals surface area (Å²) in [7, 11) is 0. The SMILES string of the molecule is O=Cc1cnc2ccc3cccc(O)c3n12. The van der Waals surface area contributed by atoms with Crippen molar-refractivity contribution in [1.29, 1.82) is 0 Å². The Bertz CT molecular complexity index is 701. The summed E-state index contributed by atoms with van der Waals surface area (Å²) < 4.78 is 1.65. The van der Waals surface area contributed by atoms with Crippen LogP contribution in [0.25, 0.3) is 16.6 Å². The number of pyridine rings is 1. The third-order valence-electron chi connectivity index (χ3n) is 2.62. The summed E-state index contributed by atoms with van der Waals surface area (Å²) in [5.74, 6) is 0.143. The first-order valence-electron chi connectivity index (χ1n) is 4.84. The average Bonchev–Trinajstić information content (AvgIpc) is 2.72. The lowest BCUT2D eigenvalue weighted by molar-refractivity contribution is 0.111. The molecule has 0 atom stereocenters. The van der Waals surface area contributed by atoms with Crippen molar-refractivity contribution in [1.82, 2.24) is 9.38 Å². The van der Waals surface area contributed by atoms with Gasteiger partial charge in [-0.1, -0.05) is 12.1 Å². The first-order chi connectivity index (χ1) is 7.81. The second kappa shape index (κ2) is 3.06. The van der Waals surface area contributed by atoms with Crippen molar-refractivity contribution >= 4 is 22.8 Å². The molecule has 2 aromatic heterocycles. The summed E-state index contributed by atoms with van der Waals surface area (Å²) in [4.78, 5) is 15.0. The van der Waals surface area contributed by atoms with Gasteiger partial charge in [0.2, 0.25) is 0 Å². The molecule has 2 heterocycles. The second-order valence-electron chi connectivity index (χ2n) is 3.54. The Labute approximate surface area is 90.8 Å². The van der Waals surface area contributed by atoms with Crippen LogP contribution in [0.3, 0.4) is 0 Å².